The van der Waals surface area contributed by atoms with Crippen molar-refractivity contribution in [3.8, 4) is 0 Å². The molecule has 4 nitrogen and oxygen atoms in total. The van der Waals surface area contributed by atoms with E-state index in [0.717, 1.165) is 5.56 Å². The topological polar surface area (TPSA) is 71.8 Å². The molecule has 0 bridgehead atoms. The van der Waals surface area contributed by atoms with Crippen molar-refractivity contribution in [2.24, 2.45) is 0 Å². The van der Waals surface area contributed by atoms with Gasteiger partial charge in [0.25, 0.3) is 0 Å². The number of ketones is 1. The number of carbonyl (C=O) groups excluding carboxylic acids is 1. The third-order valence-electron chi connectivity index (χ3n) is 2.30. The molecular formula is C11H11N3O. The first-order chi connectivity index (χ1) is 7.20. The first-order valence-corrected chi connectivity index (χ1v) is 4.59. The molecule has 2 aromatic rings. The van der Waals surface area contributed by atoms with Crippen molar-refractivity contribution in [2.75, 3.05) is 5.73 Å². The van der Waals surface area contributed by atoms with Crippen molar-refractivity contribution in [2.45, 2.75) is 6.92 Å². The number of aromatic amines is 1. The van der Waals surface area contributed by atoms with Crippen LogP contribution in [0.4, 0.5) is 5.82 Å². The van der Waals surface area contributed by atoms with Crippen molar-refractivity contribution in [1.29, 1.82) is 0 Å². The van der Waals surface area contributed by atoms with Gasteiger partial charge < -0.3 is 5.73 Å². The van der Waals surface area contributed by atoms with E-state index in [4.69, 9.17) is 5.73 Å². The molecule has 0 radical (unpaired) electrons. The molecule has 1 aromatic carbocycles. The zero-order valence-electron chi connectivity index (χ0n) is 8.32. The van der Waals surface area contributed by atoms with Crippen LogP contribution in [0.25, 0.3) is 0 Å². The first-order valence-electron chi connectivity index (χ1n) is 4.59. The first kappa shape index (κ1) is 9.45. The van der Waals surface area contributed by atoms with Crippen molar-refractivity contribution in [1.82, 2.24) is 10.2 Å². The molecular weight excluding hydrogens is 190 g/mol. The number of aromatic nitrogens is 2. The van der Waals surface area contributed by atoms with E-state index in [0.29, 0.717) is 16.9 Å². The standard InChI is InChI=1S/C11H11N3O/c1-7-4-2-3-5-8(7)10(15)9-6-13-14-11(9)12/h2-6H,1H3,(H3,12,13,14). The van der Waals surface area contributed by atoms with E-state index in [1.165, 1.54) is 6.20 Å². The number of nitrogens with zero attached hydrogens (tertiary/aromatic N) is 1. The summed E-state index contributed by atoms with van der Waals surface area (Å²) in [4.78, 5) is 12.0. The molecule has 0 atom stereocenters. The molecule has 3 N–H and O–H groups in total. The second-order valence-corrected chi connectivity index (χ2v) is 3.34. The SMILES string of the molecule is Cc1ccccc1C(=O)c1cn[nH]c1N. The van der Waals surface area contributed by atoms with Gasteiger partial charge in [-0.05, 0) is 12.5 Å². The number of rotatable bonds is 2. The molecule has 0 aliphatic heterocycles. The van der Waals surface area contributed by atoms with Gasteiger partial charge in [-0.15, -0.1) is 0 Å². The van der Waals surface area contributed by atoms with E-state index in [2.05, 4.69) is 10.2 Å². The maximum atomic E-state index is 12.0. The van der Waals surface area contributed by atoms with Crippen LogP contribution in [-0.4, -0.2) is 16.0 Å². The third-order valence-corrected chi connectivity index (χ3v) is 2.30. The normalized spacial score (nSPS) is 10.2. The molecule has 1 aromatic heterocycles. The van der Waals surface area contributed by atoms with Gasteiger partial charge in [-0.25, -0.2) is 0 Å². The molecule has 1 heterocycles. The highest BCUT2D eigenvalue weighted by molar-refractivity contribution is 6.12. The Kier molecular flexibility index (Phi) is 2.25. The minimum absolute atomic E-state index is 0.0978. The molecule has 0 spiro atoms. The molecule has 2 rings (SSSR count). The minimum Gasteiger partial charge on any atom is -0.383 e. The van der Waals surface area contributed by atoms with Gasteiger partial charge in [0.1, 0.15) is 5.82 Å². The molecule has 0 aliphatic carbocycles. The van der Waals surface area contributed by atoms with Gasteiger partial charge >= 0.3 is 0 Å². The number of anilines is 1. The molecule has 0 unspecified atom stereocenters. The number of nitrogen functional groups attached to an aromatic ring is 1. The van der Waals surface area contributed by atoms with Crippen LogP contribution in [0, 0.1) is 6.92 Å². The van der Waals surface area contributed by atoms with Crippen molar-refractivity contribution in [3.63, 3.8) is 0 Å². The maximum Gasteiger partial charge on any atom is 0.198 e. The van der Waals surface area contributed by atoms with Crippen LogP contribution in [-0.2, 0) is 0 Å². The molecule has 0 saturated carbocycles. The quantitative estimate of drug-likeness (QED) is 0.724. The molecule has 0 fully saturated rings. The zero-order chi connectivity index (χ0) is 10.8. The fourth-order valence-corrected chi connectivity index (χ4v) is 1.45. The molecule has 0 amide bonds. The lowest BCUT2D eigenvalue weighted by molar-refractivity contribution is 0.103. The number of benzene rings is 1. The van der Waals surface area contributed by atoms with E-state index in [1.807, 2.05) is 25.1 Å². The Hall–Kier alpha value is -2.10. The predicted molar refractivity (Wildman–Crippen MR) is 57.6 cm³/mol. The van der Waals surface area contributed by atoms with Crippen LogP contribution >= 0.6 is 0 Å². The summed E-state index contributed by atoms with van der Waals surface area (Å²) in [6, 6.07) is 7.40. The minimum atomic E-state index is -0.0978. The van der Waals surface area contributed by atoms with Crippen molar-refractivity contribution in [3.05, 3.63) is 47.2 Å². The van der Waals surface area contributed by atoms with Crippen LogP contribution in [0.2, 0.25) is 0 Å². The largest absolute Gasteiger partial charge is 0.383 e. The van der Waals surface area contributed by atoms with Gasteiger partial charge in [-0.2, -0.15) is 5.10 Å². The van der Waals surface area contributed by atoms with Gasteiger partial charge in [0.15, 0.2) is 5.78 Å². The van der Waals surface area contributed by atoms with Crippen LogP contribution in [0.15, 0.2) is 30.5 Å². The number of aryl methyl sites for hydroxylation is 1. The van der Waals surface area contributed by atoms with Crippen molar-refractivity contribution >= 4 is 11.6 Å². The predicted octanol–water partition coefficient (Wildman–Crippen LogP) is 1.53. The highest BCUT2D eigenvalue weighted by Crippen LogP contribution is 2.16. The van der Waals surface area contributed by atoms with E-state index >= 15 is 0 Å². The van der Waals surface area contributed by atoms with Crippen LogP contribution < -0.4 is 5.73 Å². The number of hydrogen-bond donors (Lipinski definition) is 2. The van der Waals surface area contributed by atoms with Gasteiger partial charge in [0.2, 0.25) is 0 Å². The number of H-pyrrole nitrogens is 1. The van der Waals surface area contributed by atoms with Gasteiger partial charge in [-0.1, -0.05) is 24.3 Å². The number of carbonyl (C=O) groups is 1. The average molecular weight is 201 g/mol. The van der Waals surface area contributed by atoms with E-state index in [-0.39, 0.29) is 5.78 Å². The second kappa shape index (κ2) is 3.57. The lowest BCUT2D eigenvalue weighted by atomic mass is 10.0. The molecule has 0 saturated heterocycles. The Morgan fingerprint density at radius 2 is 2.07 bits per heavy atom. The smallest absolute Gasteiger partial charge is 0.198 e. The lowest BCUT2D eigenvalue weighted by Crippen LogP contribution is -2.05. The Morgan fingerprint density at radius 1 is 1.33 bits per heavy atom. The van der Waals surface area contributed by atoms with E-state index < -0.39 is 0 Å². The van der Waals surface area contributed by atoms with Gasteiger partial charge in [0.05, 0.1) is 11.8 Å². The molecule has 0 aliphatic rings. The van der Waals surface area contributed by atoms with Crippen molar-refractivity contribution < 1.29 is 4.79 Å². The molecule has 15 heavy (non-hydrogen) atoms. The summed E-state index contributed by atoms with van der Waals surface area (Å²) in [6.07, 6.45) is 1.45. The summed E-state index contributed by atoms with van der Waals surface area (Å²) in [5, 5.41) is 6.27. The van der Waals surface area contributed by atoms with Crippen LogP contribution in [0.1, 0.15) is 21.5 Å². The fraction of sp³-hybridized carbons (Fsp3) is 0.0909. The summed E-state index contributed by atoms with van der Waals surface area (Å²) in [7, 11) is 0. The van der Waals surface area contributed by atoms with Gasteiger partial charge in [-0.3, -0.25) is 9.89 Å². The molecule has 76 valence electrons. The molecule has 4 heteroatoms. The highest BCUT2D eigenvalue weighted by Gasteiger charge is 2.15. The Bertz CT molecular complexity index is 502. The highest BCUT2D eigenvalue weighted by atomic mass is 16.1. The van der Waals surface area contributed by atoms with E-state index in [1.54, 1.807) is 6.07 Å². The fourth-order valence-electron chi connectivity index (χ4n) is 1.45. The summed E-state index contributed by atoms with van der Waals surface area (Å²) >= 11 is 0. The summed E-state index contributed by atoms with van der Waals surface area (Å²) in [6.45, 7) is 1.89. The van der Waals surface area contributed by atoms with E-state index in [9.17, 15) is 4.79 Å². The Balaban J connectivity index is 2.46. The summed E-state index contributed by atoms with van der Waals surface area (Å²) in [5.41, 5.74) is 7.60. The third kappa shape index (κ3) is 1.61. The lowest BCUT2D eigenvalue weighted by Gasteiger charge is -2.02. The second-order valence-electron chi connectivity index (χ2n) is 3.34. The summed E-state index contributed by atoms with van der Waals surface area (Å²) in [5.74, 6) is 0.211. The zero-order valence-corrected chi connectivity index (χ0v) is 8.32. The summed E-state index contributed by atoms with van der Waals surface area (Å²) < 4.78 is 0. The Morgan fingerprint density at radius 3 is 2.67 bits per heavy atom. The number of nitrogens with two attached hydrogens (primary N) is 1. The number of nitrogens with one attached hydrogen (secondary N) is 1. The number of hydrogen-bond acceptors (Lipinski definition) is 3. The maximum absolute atomic E-state index is 12.0. The average Bonchev–Trinajstić information content (AvgIpc) is 2.64. The van der Waals surface area contributed by atoms with Gasteiger partial charge in [0, 0.05) is 5.56 Å². The van der Waals surface area contributed by atoms with Crippen LogP contribution in [0.5, 0.6) is 0 Å². The van der Waals surface area contributed by atoms with Crippen LogP contribution in [0.3, 0.4) is 0 Å². The Labute approximate surface area is 87.1 Å². The monoisotopic (exact) mass is 201 g/mol.